The maximum absolute atomic E-state index is 15.6. The lowest BCUT2D eigenvalue weighted by Gasteiger charge is -2.14. The summed E-state index contributed by atoms with van der Waals surface area (Å²) in [5.41, 5.74) is 3.25. The number of rotatable bonds is 6. The summed E-state index contributed by atoms with van der Waals surface area (Å²) in [5, 5.41) is 11.3. The van der Waals surface area contributed by atoms with Crippen LogP contribution in [0.5, 0.6) is 0 Å². The second-order valence-electron chi connectivity index (χ2n) is 8.59. The summed E-state index contributed by atoms with van der Waals surface area (Å²) in [6, 6.07) is 9.26. The zero-order valence-corrected chi connectivity index (χ0v) is 19.5. The van der Waals surface area contributed by atoms with Gasteiger partial charge in [0.1, 0.15) is 22.8 Å². The van der Waals surface area contributed by atoms with Gasteiger partial charge in [-0.2, -0.15) is 0 Å². The molecule has 0 amide bonds. The van der Waals surface area contributed by atoms with Gasteiger partial charge in [0, 0.05) is 23.7 Å². The van der Waals surface area contributed by atoms with E-state index >= 15 is 4.39 Å². The monoisotopic (exact) mass is 461 g/mol. The van der Waals surface area contributed by atoms with Gasteiger partial charge >= 0.3 is 0 Å². The van der Waals surface area contributed by atoms with E-state index < -0.39 is 0 Å². The Kier molecular flexibility index (Phi) is 5.49. The molecule has 0 radical (unpaired) electrons. The maximum atomic E-state index is 15.6. The fourth-order valence-electron chi connectivity index (χ4n) is 3.82. The number of hydrogen-bond acceptors (Lipinski definition) is 5. The first-order chi connectivity index (χ1) is 15.9. The molecule has 0 unspecified atom stereocenters. The lowest BCUT2D eigenvalue weighted by atomic mass is 10.1. The number of imidazole rings is 1. The first kappa shape index (κ1) is 21.4. The highest BCUT2D eigenvalue weighted by molar-refractivity contribution is 7.81. The minimum Gasteiger partial charge on any atom is -0.331 e. The van der Waals surface area contributed by atoms with Gasteiger partial charge < -0.3 is 14.5 Å². The molecule has 1 aromatic carbocycles. The fourth-order valence-corrected chi connectivity index (χ4v) is 4.08. The van der Waals surface area contributed by atoms with E-state index in [9.17, 15) is 0 Å². The van der Waals surface area contributed by atoms with Crippen LogP contribution in [0, 0.1) is 12.7 Å². The highest BCUT2D eigenvalue weighted by Crippen LogP contribution is 2.39. The van der Waals surface area contributed by atoms with Crippen molar-refractivity contribution in [3.63, 3.8) is 0 Å². The third kappa shape index (κ3) is 4.16. The van der Waals surface area contributed by atoms with E-state index in [2.05, 4.69) is 39.3 Å². The molecule has 5 rings (SSSR count). The molecule has 1 saturated carbocycles. The quantitative estimate of drug-likeness (QED) is 0.397. The highest BCUT2D eigenvalue weighted by atomic mass is 32.1. The van der Waals surface area contributed by atoms with E-state index in [0.717, 1.165) is 24.1 Å². The normalized spacial score (nSPS) is 13.5. The van der Waals surface area contributed by atoms with Gasteiger partial charge in [0.25, 0.3) is 0 Å². The molecule has 4 aromatic rings. The van der Waals surface area contributed by atoms with Crippen LogP contribution in [0.4, 0.5) is 10.2 Å². The van der Waals surface area contributed by atoms with Crippen LogP contribution in [0.3, 0.4) is 0 Å². The van der Waals surface area contributed by atoms with Gasteiger partial charge in [-0.25, -0.2) is 14.4 Å². The van der Waals surface area contributed by atoms with E-state index in [4.69, 9.17) is 12.2 Å². The SMILES string of the molecule is Cc1ccc(C(=S)Nc2cccc(-c3nncn3C(C)C)n2)c(F)c1-n1cnc(C2CC2)c1. The Bertz CT molecular complexity index is 1340. The summed E-state index contributed by atoms with van der Waals surface area (Å²) >= 11 is 5.56. The molecule has 0 saturated heterocycles. The number of pyridine rings is 1. The Morgan fingerprint density at radius 2 is 2.00 bits per heavy atom. The van der Waals surface area contributed by atoms with E-state index in [1.165, 1.54) is 0 Å². The van der Waals surface area contributed by atoms with Crippen molar-refractivity contribution < 1.29 is 4.39 Å². The minimum atomic E-state index is -0.386. The van der Waals surface area contributed by atoms with Crippen molar-refractivity contribution in [1.29, 1.82) is 0 Å². The van der Waals surface area contributed by atoms with Gasteiger partial charge in [0.15, 0.2) is 11.6 Å². The number of nitrogens with one attached hydrogen (secondary N) is 1. The predicted octanol–water partition coefficient (Wildman–Crippen LogP) is 5.22. The molecule has 1 aliphatic rings. The summed E-state index contributed by atoms with van der Waals surface area (Å²) in [6.07, 6.45) is 7.56. The number of aryl methyl sites for hydroxylation is 1. The van der Waals surface area contributed by atoms with Crippen molar-refractivity contribution in [3.8, 4) is 17.2 Å². The molecular formula is C24H24FN7S. The summed E-state index contributed by atoms with van der Waals surface area (Å²) in [5.74, 6) is 1.29. The lowest BCUT2D eigenvalue weighted by molar-refractivity contribution is 0.603. The topological polar surface area (TPSA) is 73.5 Å². The van der Waals surface area contributed by atoms with E-state index in [0.29, 0.717) is 34.5 Å². The Morgan fingerprint density at radius 3 is 2.76 bits per heavy atom. The first-order valence-electron chi connectivity index (χ1n) is 10.9. The van der Waals surface area contributed by atoms with Crippen LogP contribution in [-0.4, -0.2) is 34.3 Å². The van der Waals surface area contributed by atoms with Gasteiger partial charge in [0.05, 0.1) is 17.7 Å². The number of nitrogens with zero attached hydrogens (tertiary/aromatic N) is 6. The fraction of sp³-hybridized carbons (Fsp3) is 0.292. The van der Waals surface area contributed by atoms with E-state index in [-0.39, 0.29) is 16.8 Å². The van der Waals surface area contributed by atoms with Gasteiger partial charge in [-0.1, -0.05) is 24.4 Å². The molecule has 1 fully saturated rings. The highest BCUT2D eigenvalue weighted by Gasteiger charge is 2.26. The van der Waals surface area contributed by atoms with Crippen molar-refractivity contribution >= 4 is 23.0 Å². The standard InChI is InChI=1S/C24H24FN7S/c1-14(2)32-13-27-30-23(32)18-5-4-6-20(28-18)29-24(33)17-10-7-15(3)22(21(17)25)31-11-19(26-12-31)16-8-9-16/h4-7,10-14,16H,8-9H2,1-3H3,(H,28,29,33). The molecule has 168 valence electrons. The molecule has 1 N–H and O–H groups in total. The number of thiocarbonyl (C=S) groups is 1. The molecule has 1 aliphatic carbocycles. The summed E-state index contributed by atoms with van der Waals surface area (Å²) in [7, 11) is 0. The molecule has 9 heteroatoms. The van der Waals surface area contributed by atoms with Crippen molar-refractivity contribution in [2.75, 3.05) is 5.32 Å². The Balaban J connectivity index is 1.43. The van der Waals surface area contributed by atoms with Crippen LogP contribution in [0.2, 0.25) is 0 Å². The van der Waals surface area contributed by atoms with E-state index in [1.807, 2.05) is 35.9 Å². The van der Waals surface area contributed by atoms with Crippen LogP contribution in [0.1, 0.15) is 55.5 Å². The molecule has 3 heterocycles. The number of halogens is 1. The molecule has 33 heavy (non-hydrogen) atoms. The molecule has 0 bridgehead atoms. The number of aromatic nitrogens is 6. The zero-order chi connectivity index (χ0) is 23.1. The van der Waals surface area contributed by atoms with Gasteiger partial charge in [-0.3, -0.25) is 0 Å². The average Bonchev–Trinajstić information content (AvgIpc) is 3.31. The Labute approximate surface area is 196 Å². The minimum absolute atomic E-state index is 0.193. The average molecular weight is 462 g/mol. The van der Waals surface area contributed by atoms with Crippen LogP contribution >= 0.6 is 12.2 Å². The maximum Gasteiger partial charge on any atom is 0.182 e. The summed E-state index contributed by atoms with van der Waals surface area (Å²) in [4.78, 5) is 9.33. The second-order valence-corrected chi connectivity index (χ2v) is 9.00. The lowest BCUT2D eigenvalue weighted by Crippen LogP contribution is -2.15. The molecule has 0 atom stereocenters. The van der Waals surface area contributed by atoms with Crippen molar-refractivity contribution in [3.05, 3.63) is 71.8 Å². The van der Waals surface area contributed by atoms with Gasteiger partial charge in [-0.15, -0.1) is 10.2 Å². The largest absolute Gasteiger partial charge is 0.331 e. The van der Waals surface area contributed by atoms with Crippen LogP contribution in [0.15, 0.2) is 49.2 Å². The van der Waals surface area contributed by atoms with Crippen LogP contribution < -0.4 is 5.32 Å². The predicted molar refractivity (Wildman–Crippen MR) is 129 cm³/mol. The van der Waals surface area contributed by atoms with Gasteiger partial charge in [0.2, 0.25) is 0 Å². The Hall–Kier alpha value is -3.46. The third-order valence-corrected chi connectivity index (χ3v) is 6.09. The Morgan fingerprint density at radius 1 is 1.18 bits per heavy atom. The van der Waals surface area contributed by atoms with Crippen molar-refractivity contribution in [2.24, 2.45) is 0 Å². The second kappa shape index (κ2) is 8.47. The first-order valence-corrected chi connectivity index (χ1v) is 11.3. The number of anilines is 1. The van der Waals surface area contributed by atoms with Crippen LogP contribution in [0.25, 0.3) is 17.2 Å². The molecular weight excluding hydrogens is 437 g/mol. The van der Waals surface area contributed by atoms with E-state index in [1.54, 1.807) is 29.4 Å². The van der Waals surface area contributed by atoms with Crippen LogP contribution in [-0.2, 0) is 0 Å². The number of benzene rings is 1. The number of hydrogen-bond donors (Lipinski definition) is 1. The van der Waals surface area contributed by atoms with Gasteiger partial charge in [-0.05, 0) is 57.4 Å². The molecule has 7 nitrogen and oxygen atoms in total. The summed E-state index contributed by atoms with van der Waals surface area (Å²) < 4.78 is 19.3. The third-order valence-electron chi connectivity index (χ3n) is 5.77. The molecule has 0 aliphatic heterocycles. The molecule has 3 aromatic heterocycles. The van der Waals surface area contributed by atoms with Crippen molar-refractivity contribution in [2.45, 2.75) is 45.6 Å². The smallest absolute Gasteiger partial charge is 0.182 e. The molecule has 0 spiro atoms. The van der Waals surface area contributed by atoms with Crippen molar-refractivity contribution in [1.82, 2.24) is 29.3 Å². The summed E-state index contributed by atoms with van der Waals surface area (Å²) in [6.45, 7) is 5.98. The zero-order valence-electron chi connectivity index (χ0n) is 18.7.